The predicted octanol–water partition coefficient (Wildman–Crippen LogP) is 11.7. The van der Waals surface area contributed by atoms with Gasteiger partial charge in [-0.3, -0.25) is 10.1 Å². The molecule has 5 heteroatoms. The third kappa shape index (κ3) is 6.87. The quantitative estimate of drug-likeness (QED) is 0.0714. The Kier molecular flexibility index (Phi) is 10.0. The standard InChI is InChI=1S/C51H50N3O2/c1-37(2)29-30-53-47-32-42-24-15-14-23-41(42)31-45(47)51(35-39-19-10-6-11-20-39,36-40-21-12-7-13-22-40)49(53)26-16-25-48-50(3,34-38-17-8-5-9-18-38)44-33-43(54(55)56)27-28-46(44)52(48)4/h5-28,31-33,37H,29-30,34-36H2,1-4H3/q+1. The van der Waals surface area contributed by atoms with Gasteiger partial charge in [0.2, 0.25) is 5.69 Å². The van der Waals surface area contributed by atoms with Crippen LogP contribution in [0.5, 0.6) is 0 Å². The normalized spacial score (nSPS) is 18.0. The van der Waals surface area contributed by atoms with Crippen molar-refractivity contribution in [3.05, 3.63) is 207 Å². The van der Waals surface area contributed by atoms with Gasteiger partial charge in [-0.25, -0.2) is 0 Å². The number of allylic oxidation sites excluding steroid dienone is 4. The zero-order valence-electron chi connectivity index (χ0n) is 32.9. The molecule has 0 N–H and O–H groups in total. The first-order valence-corrected chi connectivity index (χ1v) is 19.9. The second-order valence-electron chi connectivity index (χ2n) is 16.3. The Labute approximate surface area is 331 Å². The average Bonchev–Trinajstić information content (AvgIpc) is 3.56. The van der Waals surface area contributed by atoms with E-state index in [9.17, 15) is 10.1 Å². The smallest absolute Gasteiger partial charge is 0.270 e. The van der Waals surface area contributed by atoms with Crippen LogP contribution in [0.15, 0.2) is 170 Å². The van der Waals surface area contributed by atoms with E-state index in [2.05, 4.69) is 177 Å². The van der Waals surface area contributed by atoms with Crippen LogP contribution in [0.1, 0.15) is 55.0 Å². The highest BCUT2D eigenvalue weighted by molar-refractivity contribution is 6.04. The van der Waals surface area contributed by atoms with Crippen LogP contribution in [0.3, 0.4) is 0 Å². The van der Waals surface area contributed by atoms with E-state index >= 15 is 0 Å². The molecule has 280 valence electrons. The number of non-ortho nitro benzene ring substituents is 1. The lowest BCUT2D eigenvalue weighted by molar-refractivity contribution is -0.402. The van der Waals surface area contributed by atoms with Crippen LogP contribution in [0.2, 0.25) is 0 Å². The number of fused-ring (bicyclic) bond motifs is 3. The summed E-state index contributed by atoms with van der Waals surface area (Å²) in [7, 11) is 2.09. The zero-order valence-corrected chi connectivity index (χ0v) is 32.9. The summed E-state index contributed by atoms with van der Waals surface area (Å²) in [6, 6.07) is 51.3. The van der Waals surface area contributed by atoms with E-state index < -0.39 is 5.41 Å². The number of nitro benzene ring substituents is 1. The molecule has 2 aliphatic heterocycles. The van der Waals surface area contributed by atoms with Crippen LogP contribution >= 0.6 is 0 Å². The number of hydrogen-bond acceptors (Lipinski definition) is 3. The maximum Gasteiger partial charge on any atom is 0.270 e. The molecule has 8 rings (SSSR count). The molecule has 0 radical (unpaired) electrons. The maximum absolute atomic E-state index is 12.0. The van der Waals surface area contributed by atoms with Gasteiger partial charge >= 0.3 is 0 Å². The van der Waals surface area contributed by atoms with Gasteiger partial charge in [0.15, 0.2) is 5.71 Å². The van der Waals surface area contributed by atoms with E-state index in [1.807, 2.05) is 12.1 Å². The molecule has 6 aromatic rings. The van der Waals surface area contributed by atoms with Gasteiger partial charge in [0.25, 0.3) is 5.69 Å². The highest BCUT2D eigenvalue weighted by Crippen LogP contribution is 2.53. The minimum atomic E-state index is -0.495. The lowest BCUT2D eigenvalue weighted by Gasteiger charge is -2.35. The van der Waals surface area contributed by atoms with Crippen molar-refractivity contribution in [2.75, 3.05) is 18.5 Å². The summed E-state index contributed by atoms with van der Waals surface area (Å²) < 4.78 is 2.23. The topological polar surface area (TPSA) is 49.4 Å². The Morgan fingerprint density at radius 3 is 1.84 bits per heavy atom. The lowest BCUT2D eigenvalue weighted by atomic mass is 9.70. The fourth-order valence-electron chi connectivity index (χ4n) is 9.29. The summed E-state index contributed by atoms with van der Waals surface area (Å²) >= 11 is 0. The minimum absolute atomic E-state index is 0.118. The minimum Gasteiger partial charge on any atom is -0.344 e. The maximum atomic E-state index is 12.0. The van der Waals surface area contributed by atoms with Gasteiger partial charge < -0.3 is 4.90 Å². The molecule has 1 atom stereocenters. The number of benzene rings is 6. The van der Waals surface area contributed by atoms with Crippen molar-refractivity contribution in [2.45, 2.75) is 57.3 Å². The lowest BCUT2D eigenvalue weighted by Crippen LogP contribution is -2.36. The van der Waals surface area contributed by atoms with Crippen molar-refractivity contribution in [3.63, 3.8) is 0 Å². The molecule has 2 aliphatic rings. The van der Waals surface area contributed by atoms with Gasteiger partial charge in [-0.05, 0) is 89.8 Å². The molecule has 0 aromatic heterocycles. The van der Waals surface area contributed by atoms with Crippen molar-refractivity contribution < 1.29 is 9.50 Å². The van der Waals surface area contributed by atoms with Crippen molar-refractivity contribution in [3.8, 4) is 0 Å². The fraction of sp³-hybridized carbons (Fsp3) is 0.235. The summed E-state index contributed by atoms with van der Waals surface area (Å²) in [6.07, 6.45) is 10.4. The van der Waals surface area contributed by atoms with Crippen LogP contribution in [-0.4, -0.2) is 28.8 Å². The number of anilines is 1. The summed E-state index contributed by atoms with van der Waals surface area (Å²) in [5.74, 6) is 0.540. The molecule has 0 fully saturated rings. The summed E-state index contributed by atoms with van der Waals surface area (Å²) in [6.45, 7) is 7.76. The highest BCUT2D eigenvalue weighted by Gasteiger charge is 2.49. The number of nitrogens with zero attached hydrogens (tertiary/aromatic N) is 3. The third-order valence-electron chi connectivity index (χ3n) is 12.1. The molecule has 0 bridgehead atoms. The number of hydrogen-bond donors (Lipinski definition) is 0. The highest BCUT2D eigenvalue weighted by atomic mass is 16.6. The van der Waals surface area contributed by atoms with E-state index in [4.69, 9.17) is 0 Å². The summed E-state index contributed by atoms with van der Waals surface area (Å²) in [5.41, 5.74) is 10.1. The summed E-state index contributed by atoms with van der Waals surface area (Å²) in [4.78, 5) is 14.4. The van der Waals surface area contributed by atoms with E-state index in [0.717, 1.165) is 42.8 Å². The Bertz CT molecular complexity index is 2440. The predicted molar refractivity (Wildman–Crippen MR) is 231 cm³/mol. The first-order chi connectivity index (χ1) is 27.2. The van der Waals surface area contributed by atoms with Crippen LogP contribution in [0.25, 0.3) is 10.8 Å². The van der Waals surface area contributed by atoms with Gasteiger partial charge in [0, 0.05) is 53.2 Å². The molecule has 6 aromatic carbocycles. The largest absolute Gasteiger partial charge is 0.344 e. The second kappa shape index (κ2) is 15.2. The molecule has 0 saturated carbocycles. The molecular formula is C51H50N3O2+. The number of rotatable bonds is 12. The third-order valence-corrected chi connectivity index (χ3v) is 12.1. The molecule has 0 amide bonds. The van der Waals surface area contributed by atoms with Crippen molar-refractivity contribution >= 4 is 33.5 Å². The van der Waals surface area contributed by atoms with Crippen molar-refractivity contribution in [1.29, 1.82) is 0 Å². The Balaban J connectivity index is 1.33. The van der Waals surface area contributed by atoms with Gasteiger partial charge in [0.1, 0.15) is 7.05 Å². The van der Waals surface area contributed by atoms with Crippen molar-refractivity contribution in [1.82, 2.24) is 0 Å². The molecular weight excluding hydrogens is 687 g/mol. The first-order valence-electron chi connectivity index (χ1n) is 19.9. The van der Waals surface area contributed by atoms with E-state index in [1.165, 1.54) is 44.4 Å². The van der Waals surface area contributed by atoms with Crippen LogP contribution < -0.4 is 4.90 Å². The van der Waals surface area contributed by atoms with Crippen molar-refractivity contribution in [2.24, 2.45) is 5.92 Å². The SMILES string of the molecule is CC(C)CCN1C(=CC=CC2=[N+](C)c3ccc([N+](=O)[O-])cc3C2(C)Cc2ccccc2)C(Cc2ccccc2)(Cc2ccccc2)c2cc3ccccc3cc21. The van der Waals surface area contributed by atoms with Crippen LogP contribution in [0.4, 0.5) is 17.1 Å². The Hall–Kier alpha value is -6.07. The fourth-order valence-corrected chi connectivity index (χ4v) is 9.29. The number of nitro groups is 1. The van der Waals surface area contributed by atoms with E-state index in [0.29, 0.717) is 12.3 Å². The molecule has 0 aliphatic carbocycles. The molecule has 5 nitrogen and oxygen atoms in total. The zero-order chi connectivity index (χ0) is 38.9. The average molecular weight is 737 g/mol. The molecule has 0 saturated heterocycles. The molecule has 56 heavy (non-hydrogen) atoms. The van der Waals surface area contributed by atoms with Gasteiger partial charge in [-0.1, -0.05) is 135 Å². The monoisotopic (exact) mass is 736 g/mol. The Morgan fingerprint density at radius 1 is 0.714 bits per heavy atom. The van der Waals surface area contributed by atoms with E-state index in [1.54, 1.807) is 12.1 Å². The molecule has 1 unspecified atom stereocenters. The molecule has 0 spiro atoms. The van der Waals surface area contributed by atoms with Gasteiger partial charge in [-0.2, -0.15) is 4.58 Å². The van der Waals surface area contributed by atoms with Crippen LogP contribution in [-0.2, 0) is 30.1 Å². The Morgan fingerprint density at radius 2 is 1.27 bits per heavy atom. The van der Waals surface area contributed by atoms with Crippen LogP contribution in [0, 0.1) is 16.0 Å². The van der Waals surface area contributed by atoms with Gasteiger partial charge in [-0.15, -0.1) is 0 Å². The summed E-state index contributed by atoms with van der Waals surface area (Å²) in [5, 5.41) is 14.5. The van der Waals surface area contributed by atoms with E-state index in [-0.39, 0.29) is 16.0 Å². The first kappa shape index (κ1) is 36.9. The van der Waals surface area contributed by atoms with Gasteiger partial charge in [0.05, 0.1) is 10.3 Å². The second-order valence-corrected chi connectivity index (χ2v) is 16.3. The molecule has 2 heterocycles.